The van der Waals surface area contributed by atoms with Crippen molar-refractivity contribution in [3.8, 4) is 0 Å². The van der Waals surface area contributed by atoms with Gasteiger partial charge in [-0.25, -0.2) is 21.1 Å². The summed E-state index contributed by atoms with van der Waals surface area (Å²) < 4.78 is 54.9. The van der Waals surface area contributed by atoms with Gasteiger partial charge in [0.25, 0.3) is 10.0 Å². The normalized spacial score (nSPS) is 15.2. The Morgan fingerprint density at radius 3 is 2.13 bits per heavy atom. The molecular formula is C25H24Cl3N3O5S2. The average molecular weight is 617 g/mol. The van der Waals surface area contributed by atoms with Crippen LogP contribution in [-0.2, 0) is 30.6 Å². The minimum absolute atomic E-state index is 0.0245. The summed E-state index contributed by atoms with van der Waals surface area (Å²) in [5, 5.41) is 3.48. The van der Waals surface area contributed by atoms with Crippen LogP contribution in [0.3, 0.4) is 0 Å². The SMILES string of the molecule is O=C(Nc1ccc(S(=O)(=O)Nc2cccc(Cl)c2Cl)cc1)C1CCN(S(=O)(=O)Cc2ccccc2Cl)CC1. The van der Waals surface area contributed by atoms with Crippen molar-refractivity contribution in [2.45, 2.75) is 23.5 Å². The van der Waals surface area contributed by atoms with Gasteiger partial charge in [-0.05, 0) is 60.9 Å². The van der Waals surface area contributed by atoms with Crippen molar-refractivity contribution >= 4 is 72.1 Å². The van der Waals surface area contributed by atoms with Crippen LogP contribution in [0.5, 0.6) is 0 Å². The summed E-state index contributed by atoms with van der Waals surface area (Å²) in [5.74, 6) is -0.832. The molecule has 1 fully saturated rings. The molecular weight excluding hydrogens is 593 g/mol. The first kappa shape index (κ1) is 28.7. The number of carbonyl (C=O) groups is 1. The van der Waals surface area contributed by atoms with E-state index in [9.17, 15) is 21.6 Å². The highest BCUT2D eigenvalue weighted by atomic mass is 35.5. The molecule has 3 aromatic carbocycles. The fourth-order valence-electron chi connectivity index (χ4n) is 4.05. The van der Waals surface area contributed by atoms with Gasteiger partial charge in [-0.15, -0.1) is 0 Å². The summed E-state index contributed by atoms with van der Waals surface area (Å²) >= 11 is 18.1. The molecule has 13 heteroatoms. The summed E-state index contributed by atoms with van der Waals surface area (Å²) in [6.07, 6.45) is 0.731. The average Bonchev–Trinajstić information content (AvgIpc) is 2.88. The fourth-order valence-corrected chi connectivity index (χ4v) is 7.40. The Morgan fingerprint density at radius 1 is 0.842 bits per heavy atom. The number of amides is 1. The number of hydrogen-bond donors (Lipinski definition) is 2. The number of nitrogens with zero attached hydrogens (tertiary/aromatic N) is 1. The Labute approximate surface area is 237 Å². The van der Waals surface area contributed by atoms with E-state index in [4.69, 9.17) is 34.8 Å². The lowest BCUT2D eigenvalue weighted by Crippen LogP contribution is -2.41. The molecule has 1 heterocycles. The maximum absolute atomic E-state index is 12.8. The van der Waals surface area contributed by atoms with Crippen LogP contribution in [-0.4, -0.2) is 40.1 Å². The van der Waals surface area contributed by atoms with Gasteiger partial charge in [0.15, 0.2) is 0 Å². The van der Waals surface area contributed by atoms with Gasteiger partial charge in [0.05, 0.1) is 26.4 Å². The van der Waals surface area contributed by atoms with Crippen LogP contribution in [0.2, 0.25) is 15.1 Å². The highest BCUT2D eigenvalue weighted by Gasteiger charge is 2.31. The summed E-state index contributed by atoms with van der Waals surface area (Å²) in [6.45, 7) is 0.444. The Morgan fingerprint density at radius 2 is 1.47 bits per heavy atom. The number of anilines is 2. The summed E-state index contributed by atoms with van der Waals surface area (Å²) in [4.78, 5) is 12.8. The second-order valence-electron chi connectivity index (χ2n) is 8.74. The smallest absolute Gasteiger partial charge is 0.261 e. The number of halogens is 3. The Balaban J connectivity index is 1.33. The number of carbonyl (C=O) groups excluding carboxylic acids is 1. The lowest BCUT2D eigenvalue weighted by molar-refractivity contribution is -0.120. The zero-order valence-corrected chi connectivity index (χ0v) is 23.8. The fraction of sp³-hybridized carbons (Fsp3) is 0.240. The Kier molecular flexibility index (Phi) is 8.91. The number of hydrogen-bond acceptors (Lipinski definition) is 5. The number of piperidine rings is 1. The first-order valence-electron chi connectivity index (χ1n) is 11.6. The maximum Gasteiger partial charge on any atom is 0.261 e. The zero-order chi connectivity index (χ0) is 27.5. The highest BCUT2D eigenvalue weighted by molar-refractivity contribution is 7.92. The highest BCUT2D eigenvalue weighted by Crippen LogP contribution is 2.31. The van der Waals surface area contributed by atoms with Crippen LogP contribution >= 0.6 is 34.8 Å². The number of sulfonamides is 2. The number of benzene rings is 3. The molecule has 1 aliphatic rings. The molecule has 0 atom stereocenters. The molecule has 4 rings (SSSR count). The number of nitrogens with one attached hydrogen (secondary N) is 2. The van der Waals surface area contributed by atoms with Crippen molar-refractivity contribution < 1.29 is 21.6 Å². The molecule has 202 valence electrons. The van der Waals surface area contributed by atoms with Gasteiger partial charge in [0, 0.05) is 29.7 Å². The molecule has 2 N–H and O–H groups in total. The number of rotatable bonds is 8. The van der Waals surface area contributed by atoms with E-state index in [0.29, 0.717) is 29.1 Å². The molecule has 0 aliphatic carbocycles. The van der Waals surface area contributed by atoms with E-state index in [0.717, 1.165) is 0 Å². The third-order valence-electron chi connectivity index (χ3n) is 6.14. The molecule has 1 saturated heterocycles. The van der Waals surface area contributed by atoms with Crippen LogP contribution in [0.4, 0.5) is 11.4 Å². The van der Waals surface area contributed by atoms with E-state index in [-0.39, 0.29) is 51.3 Å². The van der Waals surface area contributed by atoms with E-state index >= 15 is 0 Å². The Bertz CT molecular complexity index is 1540. The zero-order valence-electron chi connectivity index (χ0n) is 19.9. The third kappa shape index (κ3) is 6.80. The van der Waals surface area contributed by atoms with Gasteiger partial charge in [-0.2, -0.15) is 0 Å². The molecule has 1 amide bonds. The predicted molar refractivity (Wildman–Crippen MR) is 151 cm³/mol. The van der Waals surface area contributed by atoms with Gasteiger partial charge in [-0.1, -0.05) is 59.1 Å². The van der Waals surface area contributed by atoms with E-state index in [1.165, 1.54) is 34.6 Å². The predicted octanol–water partition coefficient (Wildman–Crippen LogP) is 5.63. The van der Waals surface area contributed by atoms with E-state index in [1.807, 2.05) is 0 Å². The van der Waals surface area contributed by atoms with Crippen molar-refractivity contribution in [3.05, 3.63) is 87.4 Å². The monoisotopic (exact) mass is 615 g/mol. The molecule has 0 aromatic heterocycles. The van der Waals surface area contributed by atoms with Crippen molar-refractivity contribution in [2.75, 3.05) is 23.1 Å². The van der Waals surface area contributed by atoms with E-state index < -0.39 is 20.0 Å². The standard InChI is InChI=1S/C25H24Cl3N3O5S2/c26-21-5-2-1-4-18(21)16-37(33,34)31-14-12-17(13-15-31)25(32)29-19-8-10-20(11-9-19)38(35,36)30-23-7-3-6-22(27)24(23)28/h1-11,17,30H,12-16H2,(H,29,32). The summed E-state index contributed by atoms with van der Waals surface area (Å²) in [5.41, 5.74) is 1.10. The second-order valence-corrected chi connectivity index (χ2v) is 13.6. The quantitative estimate of drug-likeness (QED) is 0.341. The first-order chi connectivity index (χ1) is 18.0. The lowest BCUT2D eigenvalue weighted by Gasteiger charge is -2.30. The third-order valence-corrected chi connectivity index (χ3v) is 10.5. The molecule has 8 nitrogen and oxygen atoms in total. The first-order valence-corrected chi connectivity index (χ1v) is 15.8. The largest absolute Gasteiger partial charge is 0.326 e. The minimum Gasteiger partial charge on any atom is -0.326 e. The van der Waals surface area contributed by atoms with Crippen molar-refractivity contribution in [3.63, 3.8) is 0 Å². The molecule has 3 aromatic rings. The van der Waals surface area contributed by atoms with E-state index in [1.54, 1.807) is 36.4 Å². The van der Waals surface area contributed by atoms with Crippen molar-refractivity contribution in [2.24, 2.45) is 5.92 Å². The van der Waals surface area contributed by atoms with Gasteiger partial charge in [0.1, 0.15) is 0 Å². The van der Waals surface area contributed by atoms with Crippen molar-refractivity contribution in [1.29, 1.82) is 0 Å². The van der Waals surface area contributed by atoms with Crippen LogP contribution < -0.4 is 10.0 Å². The van der Waals surface area contributed by atoms with Crippen LogP contribution in [0.25, 0.3) is 0 Å². The van der Waals surface area contributed by atoms with Gasteiger partial charge < -0.3 is 5.32 Å². The topological polar surface area (TPSA) is 113 Å². The minimum atomic E-state index is -3.94. The van der Waals surface area contributed by atoms with Gasteiger partial charge >= 0.3 is 0 Å². The lowest BCUT2D eigenvalue weighted by atomic mass is 9.97. The maximum atomic E-state index is 12.8. The summed E-state index contributed by atoms with van der Waals surface area (Å²) in [6, 6.07) is 17.1. The molecule has 0 spiro atoms. The second kappa shape index (κ2) is 11.8. The van der Waals surface area contributed by atoms with Gasteiger partial charge in [-0.3, -0.25) is 9.52 Å². The van der Waals surface area contributed by atoms with E-state index in [2.05, 4.69) is 10.0 Å². The van der Waals surface area contributed by atoms with Crippen molar-refractivity contribution in [1.82, 2.24) is 4.31 Å². The van der Waals surface area contributed by atoms with Crippen LogP contribution in [0.15, 0.2) is 71.6 Å². The molecule has 0 radical (unpaired) electrons. The summed E-state index contributed by atoms with van der Waals surface area (Å²) in [7, 11) is -7.52. The molecule has 0 unspecified atom stereocenters. The van der Waals surface area contributed by atoms with Gasteiger partial charge in [0.2, 0.25) is 15.9 Å². The molecule has 1 aliphatic heterocycles. The molecule has 0 bridgehead atoms. The Hall–Kier alpha value is -2.34. The van der Waals surface area contributed by atoms with Crippen LogP contribution in [0.1, 0.15) is 18.4 Å². The molecule has 38 heavy (non-hydrogen) atoms. The molecule has 0 saturated carbocycles. The van der Waals surface area contributed by atoms with Crippen LogP contribution in [0, 0.1) is 5.92 Å².